The lowest BCUT2D eigenvalue weighted by atomic mass is 10.0. The number of hydrogen-bond donors (Lipinski definition) is 3. The average molecular weight is 610 g/mol. The van der Waals surface area contributed by atoms with E-state index in [2.05, 4.69) is 15.3 Å². The molecule has 3 rings (SSSR count). The highest BCUT2D eigenvalue weighted by molar-refractivity contribution is 7.17. The Morgan fingerprint density at radius 3 is 2.39 bits per heavy atom. The maximum atomic E-state index is 14.3. The maximum Gasteiger partial charge on any atom is 0.417 e. The first-order chi connectivity index (χ1) is 18.8. The van der Waals surface area contributed by atoms with Gasteiger partial charge in [0.25, 0.3) is 11.8 Å². The molecule has 3 atom stereocenters. The summed E-state index contributed by atoms with van der Waals surface area (Å²) in [5.74, 6) is -2.13. The smallest absolute Gasteiger partial charge is 0.388 e. The summed E-state index contributed by atoms with van der Waals surface area (Å²) in [7, 11) is 0. The maximum absolute atomic E-state index is 14.3. The van der Waals surface area contributed by atoms with Crippen LogP contribution in [0.4, 0.5) is 32.2 Å². The highest BCUT2D eigenvalue weighted by atomic mass is 32.1. The van der Waals surface area contributed by atoms with E-state index in [0.29, 0.717) is 36.8 Å². The molecule has 1 fully saturated rings. The number of pyridine rings is 1. The summed E-state index contributed by atoms with van der Waals surface area (Å²) in [6.07, 6.45) is -7.26. The van der Waals surface area contributed by atoms with Gasteiger partial charge in [-0.1, -0.05) is 6.92 Å². The van der Waals surface area contributed by atoms with Gasteiger partial charge in [-0.15, -0.1) is 11.3 Å². The number of aliphatic hydroxyl groups is 1. The van der Waals surface area contributed by atoms with Crippen LogP contribution in [0.25, 0.3) is 10.4 Å². The highest BCUT2D eigenvalue weighted by Gasteiger charge is 2.41. The van der Waals surface area contributed by atoms with Gasteiger partial charge in [0.05, 0.1) is 22.1 Å². The molecule has 1 aliphatic rings. The Hall–Kier alpha value is -2.94. The standard InChI is InChI=1S/C26H33F6N5O3S/c1-6-17(26(30,31)32)35-18-11-16(25(27,28)29)15(12-33-18)20-19(23(39)37-10-8-7-9-13(37)2)36-22(41-20)21(38)34-14(3)24(4,5)40/h11-14,17,40H,6-10H2,1-5H3,(H,33,35)(H,34,38)/t13-,14+,17-/m0/s1. The van der Waals surface area contributed by atoms with E-state index in [4.69, 9.17) is 0 Å². The fourth-order valence-corrected chi connectivity index (χ4v) is 5.24. The van der Waals surface area contributed by atoms with E-state index < -0.39 is 65.2 Å². The molecule has 0 unspecified atom stereocenters. The average Bonchev–Trinajstić information content (AvgIpc) is 3.31. The number of amides is 2. The van der Waals surface area contributed by atoms with Gasteiger partial charge in [0.1, 0.15) is 17.6 Å². The minimum absolute atomic E-state index is 0.224. The second-order valence-electron chi connectivity index (χ2n) is 10.6. The van der Waals surface area contributed by atoms with Crippen molar-refractivity contribution in [2.75, 3.05) is 11.9 Å². The molecule has 0 aliphatic carbocycles. The van der Waals surface area contributed by atoms with Crippen LogP contribution in [0.3, 0.4) is 0 Å². The molecule has 3 heterocycles. The van der Waals surface area contributed by atoms with Gasteiger partial charge < -0.3 is 20.6 Å². The number of likely N-dealkylation sites (tertiary alicyclic amines) is 1. The van der Waals surface area contributed by atoms with Crippen molar-refractivity contribution in [3.8, 4) is 10.4 Å². The SMILES string of the molecule is CC[C@H](Nc1cc(C(F)(F)F)c(-c2sc(C(=O)N[C@H](C)C(C)(C)O)nc2C(=O)N2CCCC[C@@H]2C)cn1)C(F)(F)F. The van der Waals surface area contributed by atoms with Crippen LogP contribution in [0.2, 0.25) is 0 Å². The Kier molecular flexibility index (Phi) is 9.63. The number of rotatable bonds is 8. The van der Waals surface area contributed by atoms with E-state index in [0.717, 1.165) is 12.6 Å². The molecule has 2 amide bonds. The third kappa shape index (κ3) is 7.67. The second kappa shape index (κ2) is 12.1. The van der Waals surface area contributed by atoms with Crippen LogP contribution in [0, 0.1) is 0 Å². The van der Waals surface area contributed by atoms with Crippen LogP contribution in [0.5, 0.6) is 0 Å². The number of carbonyl (C=O) groups excluding carboxylic acids is 2. The predicted molar refractivity (Wildman–Crippen MR) is 142 cm³/mol. The third-order valence-electron chi connectivity index (χ3n) is 7.07. The van der Waals surface area contributed by atoms with E-state index in [1.807, 2.05) is 5.32 Å². The van der Waals surface area contributed by atoms with Gasteiger partial charge in [0, 0.05) is 24.3 Å². The molecule has 41 heavy (non-hydrogen) atoms. The molecule has 0 bridgehead atoms. The van der Waals surface area contributed by atoms with E-state index in [1.54, 1.807) is 6.92 Å². The van der Waals surface area contributed by atoms with Crippen LogP contribution in [0.1, 0.15) is 86.2 Å². The van der Waals surface area contributed by atoms with E-state index >= 15 is 0 Å². The zero-order valence-corrected chi connectivity index (χ0v) is 24.0. The zero-order chi connectivity index (χ0) is 30.9. The number of nitrogens with zero attached hydrogens (tertiary/aromatic N) is 3. The van der Waals surface area contributed by atoms with Crippen molar-refractivity contribution >= 4 is 29.0 Å². The summed E-state index contributed by atoms with van der Waals surface area (Å²) >= 11 is 0.533. The molecule has 2 aromatic rings. The number of piperidine rings is 1. The number of carbonyl (C=O) groups is 2. The van der Waals surface area contributed by atoms with Crippen molar-refractivity contribution in [2.24, 2.45) is 0 Å². The van der Waals surface area contributed by atoms with E-state index in [9.17, 15) is 41.0 Å². The molecule has 0 spiro atoms. The fraction of sp³-hybridized carbons (Fsp3) is 0.615. The van der Waals surface area contributed by atoms with Gasteiger partial charge in [-0.05, 0) is 59.4 Å². The van der Waals surface area contributed by atoms with Gasteiger partial charge in [-0.2, -0.15) is 26.3 Å². The van der Waals surface area contributed by atoms with Crippen LogP contribution in [0.15, 0.2) is 12.3 Å². The molecular formula is C26H33F6N5O3S. The lowest BCUT2D eigenvalue weighted by Crippen LogP contribution is -2.47. The first kappa shape index (κ1) is 32.6. The molecule has 8 nitrogen and oxygen atoms in total. The molecule has 15 heteroatoms. The van der Waals surface area contributed by atoms with Crippen LogP contribution >= 0.6 is 11.3 Å². The molecular weight excluding hydrogens is 576 g/mol. The molecule has 228 valence electrons. The Morgan fingerprint density at radius 2 is 1.85 bits per heavy atom. The largest absolute Gasteiger partial charge is 0.417 e. The van der Waals surface area contributed by atoms with Gasteiger partial charge in [0.15, 0.2) is 5.01 Å². The molecule has 0 aromatic carbocycles. The minimum Gasteiger partial charge on any atom is -0.388 e. The van der Waals surface area contributed by atoms with Crippen molar-refractivity contribution in [3.05, 3.63) is 28.5 Å². The topological polar surface area (TPSA) is 107 Å². The molecule has 0 saturated carbocycles. The summed E-state index contributed by atoms with van der Waals surface area (Å²) in [4.78, 5) is 35.7. The van der Waals surface area contributed by atoms with Gasteiger partial charge in [-0.3, -0.25) is 9.59 Å². The first-order valence-electron chi connectivity index (χ1n) is 13.1. The van der Waals surface area contributed by atoms with Crippen molar-refractivity contribution in [1.29, 1.82) is 0 Å². The number of halogens is 6. The summed E-state index contributed by atoms with van der Waals surface area (Å²) in [5.41, 5.74) is -3.66. The van der Waals surface area contributed by atoms with Crippen molar-refractivity contribution in [3.63, 3.8) is 0 Å². The Morgan fingerprint density at radius 1 is 1.20 bits per heavy atom. The van der Waals surface area contributed by atoms with Gasteiger partial charge in [0.2, 0.25) is 0 Å². The molecule has 1 saturated heterocycles. The predicted octanol–water partition coefficient (Wildman–Crippen LogP) is 5.88. The summed E-state index contributed by atoms with van der Waals surface area (Å²) in [6.45, 7) is 7.81. The van der Waals surface area contributed by atoms with Gasteiger partial charge in [-0.25, -0.2) is 9.97 Å². The fourth-order valence-electron chi connectivity index (χ4n) is 4.26. The lowest BCUT2D eigenvalue weighted by molar-refractivity contribution is -0.142. The lowest BCUT2D eigenvalue weighted by Gasteiger charge is -2.33. The summed E-state index contributed by atoms with van der Waals surface area (Å²) in [5, 5.41) is 14.4. The van der Waals surface area contributed by atoms with Crippen molar-refractivity contribution in [2.45, 2.75) is 96.4 Å². The number of thiazole rings is 1. The Balaban J connectivity index is 2.15. The van der Waals surface area contributed by atoms with Gasteiger partial charge >= 0.3 is 12.4 Å². The summed E-state index contributed by atoms with van der Waals surface area (Å²) < 4.78 is 82.7. The molecule has 1 aliphatic heterocycles. The molecule has 2 aromatic heterocycles. The minimum atomic E-state index is -5.05. The number of hydrogen-bond acceptors (Lipinski definition) is 7. The Bertz CT molecular complexity index is 1260. The highest BCUT2D eigenvalue weighted by Crippen LogP contribution is 2.42. The quantitative estimate of drug-likeness (QED) is 0.323. The summed E-state index contributed by atoms with van der Waals surface area (Å²) in [6, 6.07) is -2.67. The number of aromatic nitrogens is 2. The number of alkyl halides is 6. The first-order valence-corrected chi connectivity index (χ1v) is 13.9. The monoisotopic (exact) mass is 609 g/mol. The zero-order valence-electron chi connectivity index (χ0n) is 23.2. The Labute approximate surface area is 237 Å². The van der Waals surface area contributed by atoms with E-state index in [1.165, 1.54) is 32.6 Å². The molecule has 0 radical (unpaired) electrons. The van der Waals surface area contributed by atoms with Crippen LogP contribution in [-0.4, -0.2) is 68.2 Å². The third-order valence-corrected chi connectivity index (χ3v) is 8.16. The van der Waals surface area contributed by atoms with Crippen LogP contribution in [-0.2, 0) is 6.18 Å². The van der Waals surface area contributed by atoms with Crippen molar-refractivity contribution in [1.82, 2.24) is 20.2 Å². The normalized spacial score (nSPS) is 18.1. The van der Waals surface area contributed by atoms with Crippen LogP contribution < -0.4 is 10.6 Å². The second-order valence-corrected chi connectivity index (χ2v) is 11.6. The molecule has 3 N–H and O–H groups in total. The van der Waals surface area contributed by atoms with Crippen molar-refractivity contribution < 1.29 is 41.0 Å². The number of nitrogens with one attached hydrogen (secondary N) is 2. The number of anilines is 1. The van der Waals surface area contributed by atoms with E-state index in [-0.39, 0.29) is 21.6 Å².